The van der Waals surface area contributed by atoms with E-state index in [4.69, 9.17) is 6.57 Å². The third-order valence-electron chi connectivity index (χ3n) is 6.24. The number of phenolic OH excluding ortho intramolecular Hbond substituents is 2. The standard InChI is InChI=1S/C30H36N2O4S/c1-17(2)24-11-21(12-25(18(3)4)29(24)33)10-23(16-31)37(35,36)28(32-9)15-22-13-26(19(5)6)30(34)27(14-22)20(7)8/h10-15,17-20,33-34H,1-8H3/b23-10+,28-15+. The number of aromatic hydroxyl groups is 2. The second kappa shape index (κ2) is 11.7. The Morgan fingerprint density at radius 2 is 1.11 bits per heavy atom. The van der Waals surface area contributed by atoms with Gasteiger partial charge in [-0.2, -0.15) is 5.26 Å². The van der Waals surface area contributed by atoms with E-state index in [2.05, 4.69) is 4.85 Å². The van der Waals surface area contributed by atoms with Crippen LogP contribution in [0.3, 0.4) is 0 Å². The summed E-state index contributed by atoms with van der Waals surface area (Å²) in [6.07, 6.45) is 2.50. The molecule has 0 spiro atoms. The number of benzene rings is 2. The topological polar surface area (TPSA) is 103 Å². The molecule has 2 aromatic carbocycles. The Hall–Kier alpha value is -3.55. The molecular weight excluding hydrogens is 484 g/mol. The van der Waals surface area contributed by atoms with Crippen LogP contribution in [0.4, 0.5) is 0 Å². The highest BCUT2D eigenvalue weighted by Gasteiger charge is 2.26. The Labute approximate surface area is 221 Å². The van der Waals surface area contributed by atoms with E-state index in [1.807, 2.05) is 55.4 Å². The molecule has 0 bridgehead atoms. The monoisotopic (exact) mass is 520 g/mol. The molecule has 0 saturated carbocycles. The van der Waals surface area contributed by atoms with Crippen LogP contribution in [0.2, 0.25) is 0 Å². The van der Waals surface area contributed by atoms with Gasteiger partial charge in [0.25, 0.3) is 5.03 Å². The predicted molar refractivity (Wildman–Crippen MR) is 150 cm³/mol. The van der Waals surface area contributed by atoms with Crippen molar-refractivity contribution in [3.63, 3.8) is 0 Å². The zero-order chi connectivity index (χ0) is 28.2. The summed E-state index contributed by atoms with van der Waals surface area (Å²) < 4.78 is 26.9. The molecule has 0 radical (unpaired) electrons. The maximum Gasteiger partial charge on any atom is 0.284 e. The van der Waals surface area contributed by atoms with Gasteiger partial charge in [0, 0.05) is 0 Å². The summed E-state index contributed by atoms with van der Waals surface area (Å²) in [4.78, 5) is 2.71. The average molecular weight is 521 g/mol. The molecule has 0 aliphatic heterocycles. The van der Waals surface area contributed by atoms with Crippen LogP contribution in [0.5, 0.6) is 11.5 Å². The van der Waals surface area contributed by atoms with E-state index in [-0.39, 0.29) is 35.2 Å². The van der Waals surface area contributed by atoms with Crippen LogP contribution in [0.15, 0.2) is 34.2 Å². The number of sulfone groups is 1. The summed E-state index contributed by atoms with van der Waals surface area (Å²) >= 11 is 0. The number of hydrogen-bond donors (Lipinski definition) is 2. The molecule has 0 saturated heterocycles. The van der Waals surface area contributed by atoms with Gasteiger partial charge >= 0.3 is 0 Å². The Kier molecular flexibility index (Phi) is 9.36. The van der Waals surface area contributed by atoms with Gasteiger partial charge in [0.15, 0.2) is 0 Å². The van der Waals surface area contributed by atoms with Crippen molar-refractivity contribution in [2.24, 2.45) is 0 Å². The minimum Gasteiger partial charge on any atom is -0.507 e. The smallest absolute Gasteiger partial charge is 0.284 e. The normalized spacial score (nSPS) is 12.9. The van der Waals surface area contributed by atoms with Gasteiger partial charge in [0.2, 0.25) is 9.84 Å². The molecule has 0 aromatic heterocycles. The summed E-state index contributed by atoms with van der Waals surface area (Å²) in [5, 5.41) is 30.6. The summed E-state index contributed by atoms with van der Waals surface area (Å²) in [7, 11) is -4.43. The Morgan fingerprint density at radius 3 is 1.38 bits per heavy atom. The van der Waals surface area contributed by atoms with E-state index in [1.54, 1.807) is 30.3 Å². The highest BCUT2D eigenvalue weighted by molar-refractivity contribution is 7.99. The first-order chi connectivity index (χ1) is 17.1. The molecule has 196 valence electrons. The Balaban J connectivity index is 2.74. The average Bonchev–Trinajstić information content (AvgIpc) is 2.81. The number of rotatable bonds is 8. The first-order valence-electron chi connectivity index (χ1n) is 12.3. The van der Waals surface area contributed by atoms with E-state index in [1.165, 1.54) is 12.2 Å². The predicted octanol–water partition coefficient (Wildman–Crippen LogP) is 7.79. The molecule has 0 atom stereocenters. The van der Waals surface area contributed by atoms with Gasteiger partial charge in [-0.3, -0.25) is 0 Å². The van der Waals surface area contributed by atoms with Crippen molar-refractivity contribution in [2.45, 2.75) is 79.1 Å². The van der Waals surface area contributed by atoms with Crippen LogP contribution in [-0.4, -0.2) is 18.6 Å². The van der Waals surface area contributed by atoms with Crippen molar-refractivity contribution >= 4 is 22.0 Å². The maximum atomic E-state index is 13.4. The molecule has 0 amide bonds. The number of nitriles is 1. The molecule has 0 aliphatic carbocycles. The molecule has 0 heterocycles. The van der Waals surface area contributed by atoms with Crippen molar-refractivity contribution in [1.82, 2.24) is 0 Å². The fourth-order valence-corrected chi connectivity index (χ4v) is 5.13. The molecule has 0 aliphatic rings. The van der Waals surface area contributed by atoms with Crippen LogP contribution in [0.1, 0.15) is 112 Å². The van der Waals surface area contributed by atoms with E-state index >= 15 is 0 Å². The molecule has 7 heteroatoms. The Morgan fingerprint density at radius 1 is 0.784 bits per heavy atom. The van der Waals surface area contributed by atoms with Crippen LogP contribution in [0.25, 0.3) is 17.0 Å². The van der Waals surface area contributed by atoms with Gasteiger partial charge in [-0.15, -0.1) is 0 Å². The third-order valence-corrected chi connectivity index (χ3v) is 7.79. The largest absolute Gasteiger partial charge is 0.507 e. The summed E-state index contributed by atoms with van der Waals surface area (Å²) in [6.45, 7) is 23.0. The van der Waals surface area contributed by atoms with E-state index in [0.29, 0.717) is 33.4 Å². The first-order valence-corrected chi connectivity index (χ1v) is 13.8. The summed E-state index contributed by atoms with van der Waals surface area (Å²) in [5.41, 5.74) is 3.54. The number of allylic oxidation sites excluding steroid dienone is 1. The number of phenols is 2. The number of hydrogen-bond acceptors (Lipinski definition) is 5. The van der Waals surface area contributed by atoms with Gasteiger partial charge in [-0.25, -0.2) is 13.3 Å². The van der Waals surface area contributed by atoms with Crippen LogP contribution < -0.4 is 0 Å². The van der Waals surface area contributed by atoms with Crippen LogP contribution in [-0.2, 0) is 9.84 Å². The second-order valence-electron chi connectivity index (χ2n) is 10.4. The molecule has 0 unspecified atom stereocenters. The zero-order valence-corrected chi connectivity index (χ0v) is 23.6. The zero-order valence-electron chi connectivity index (χ0n) is 22.8. The minimum atomic E-state index is -4.43. The van der Waals surface area contributed by atoms with Crippen LogP contribution >= 0.6 is 0 Å². The van der Waals surface area contributed by atoms with Crippen molar-refractivity contribution in [3.05, 3.63) is 79.0 Å². The van der Waals surface area contributed by atoms with Crippen molar-refractivity contribution in [2.75, 3.05) is 0 Å². The van der Waals surface area contributed by atoms with Gasteiger partial charge in [-0.05, 0) is 93.5 Å². The lowest BCUT2D eigenvalue weighted by Gasteiger charge is -2.17. The Bertz CT molecular complexity index is 1270. The fourth-order valence-electron chi connectivity index (χ4n) is 4.08. The molecule has 2 N–H and O–H groups in total. The third kappa shape index (κ3) is 6.42. The molecule has 2 rings (SSSR count). The fraction of sp³-hybridized carbons (Fsp3) is 0.400. The van der Waals surface area contributed by atoms with Gasteiger partial charge in [0.05, 0.1) is 6.57 Å². The van der Waals surface area contributed by atoms with Crippen LogP contribution in [0, 0.1) is 17.9 Å². The molecule has 0 fully saturated rings. The van der Waals surface area contributed by atoms with Crippen molar-refractivity contribution < 1.29 is 18.6 Å². The molecule has 2 aromatic rings. The summed E-state index contributed by atoms with van der Waals surface area (Å²) in [6, 6.07) is 8.44. The first kappa shape index (κ1) is 29.7. The lowest BCUT2D eigenvalue weighted by atomic mass is 9.91. The van der Waals surface area contributed by atoms with Crippen molar-refractivity contribution in [1.29, 1.82) is 5.26 Å². The SMILES string of the molecule is [C-]#[N+]/C(=C\c1cc(C(C)C)c(O)c(C(C)C)c1)S(=O)(=O)/C(C#N)=C/c1cc(C(C)C)c(O)c(C(C)C)c1. The highest BCUT2D eigenvalue weighted by Crippen LogP contribution is 2.37. The quantitative estimate of drug-likeness (QED) is 0.273. The van der Waals surface area contributed by atoms with Gasteiger partial charge in [0.1, 0.15) is 22.5 Å². The molecular formula is C30H36N2O4S. The van der Waals surface area contributed by atoms with Gasteiger partial charge in [-0.1, -0.05) is 55.4 Å². The maximum absolute atomic E-state index is 13.4. The van der Waals surface area contributed by atoms with E-state index in [9.17, 15) is 23.9 Å². The lowest BCUT2D eigenvalue weighted by Crippen LogP contribution is -2.05. The van der Waals surface area contributed by atoms with E-state index in [0.717, 1.165) is 0 Å². The highest BCUT2D eigenvalue weighted by atomic mass is 32.2. The summed E-state index contributed by atoms with van der Waals surface area (Å²) in [5.74, 6) is 0.250. The van der Waals surface area contributed by atoms with Gasteiger partial charge < -0.3 is 10.2 Å². The van der Waals surface area contributed by atoms with E-state index < -0.39 is 19.8 Å². The second-order valence-corrected chi connectivity index (χ2v) is 12.3. The van der Waals surface area contributed by atoms with Crippen molar-refractivity contribution in [3.8, 4) is 17.6 Å². The molecule has 6 nitrogen and oxygen atoms in total. The lowest BCUT2D eigenvalue weighted by molar-refractivity contribution is 0.454. The minimum absolute atomic E-state index is 0.0202. The molecule has 37 heavy (non-hydrogen) atoms. The number of nitrogens with zero attached hydrogens (tertiary/aromatic N) is 2.